The van der Waals surface area contributed by atoms with Gasteiger partial charge in [-0.3, -0.25) is 9.59 Å². The van der Waals surface area contributed by atoms with E-state index in [1.54, 1.807) is 35.2 Å². The molecule has 0 spiro atoms. The maximum absolute atomic E-state index is 13.2. The van der Waals surface area contributed by atoms with Crippen LogP contribution in [0.15, 0.2) is 66.7 Å². The third-order valence-electron chi connectivity index (χ3n) is 6.24. The maximum Gasteiger partial charge on any atom is 0.337 e. The Labute approximate surface area is 221 Å². The fourth-order valence-electron chi connectivity index (χ4n) is 4.32. The van der Waals surface area contributed by atoms with Crippen LogP contribution in [0.5, 0.6) is 0 Å². The minimum atomic E-state index is -0.485. The topological polar surface area (TPSA) is 117 Å². The van der Waals surface area contributed by atoms with E-state index in [0.29, 0.717) is 58.2 Å². The number of carbonyl (C=O) groups is 3. The summed E-state index contributed by atoms with van der Waals surface area (Å²) in [5, 5.41) is 6.24. The third kappa shape index (κ3) is 5.52. The second kappa shape index (κ2) is 11.2. The molecule has 4 N–H and O–H groups in total. The second-order valence-corrected chi connectivity index (χ2v) is 9.19. The van der Waals surface area contributed by atoms with E-state index >= 15 is 0 Å². The molecule has 4 rings (SSSR count). The van der Waals surface area contributed by atoms with E-state index in [0.717, 1.165) is 5.56 Å². The van der Waals surface area contributed by atoms with E-state index in [4.69, 9.17) is 10.5 Å². The first kappa shape index (κ1) is 26.4. The number of nitrogens with two attached hydrogens (primary N) is 1. The molecule has 9 heteroatoms. The first-order valence-corrected chi connectivity index (χ1v) is 12.1. The standard InChI is InChI=1S/C29H31N5O4/c1-18(35)34(15-14-33(2)3)25-13-11-21(17-23(25)30)31-27(19-8-6-5-7-9-19)26-22-12-10-20(29(37)38-4)16-24(22)32-28(26)36/h5-13,16-17,31H,14-15,30H2,1-4H3,(H,32,36). The minimum absolute atomic E-state index is 0.100. The number of benzene rings is 3. The third-order valence-corrected chi connectivity index (χ3v) is 6.24. The number of methoxy groups -OCH3 is 1. The lowest BCUT2D eigenvalue weighted by molar-refractivity contribution is -0.116. The molecular formula is C29H31N5O4. The van der Waals surface area contributed by atoms with Gasteiger partial charge < -0.3 is 30.9 Å². The molecule has 3 aromatic carbocycles. The van der Waals surface area contributed by atoms with Gasteiger partial charge in [-0.1, -0.05) is 36.4 Å². The molecule has 0 fully saturated rings. The predicted molar refractivity (Wildman–Crippen MR) is 151 cm³/mol. The fraction of sp³-hybridized carbons (Fsp3) is 0.207. The van der Waals surface area contributed by atoms with Gasteiger partial charge in [0.2, 0.25) is 5.91 Å². The molecule has 38 heavy (non-hydrogen) atoms. The van der Waals surface area contributed by atoms with Gasteiger partial charge >= 0.3 is 5.97 Å². The van der Waals surface area contributed by atoms with Gasteiger partial charge in [0.15, 0.2) is 0 Å². The zero-order valence-electron chi connectivity index (χ0n) is 21.9. The number of amides is 2. The summed E-state index contributed by atoms with van der Waals surface area (Å²) in [5.74, 6) is -0.886. The number of esters is 1. The van der Waals surface area contributed by atoms with Crippen LogP contribution in [0.4, 0.5) is 22.7 Å². The van der Waals surface area contributed by atoms with Crippen molar-refractivity contribution in [3.05, 3.63) is 83.4 Å². The van der Waals surface area contributed by atoms with Crippen molar-refractivity contribution in [3.63, 3.8) is 0 Å². The van der Waals surface area contributed by atoms with Crippen LogP contribution in [0.25, 0.3) is 11.3 Å². The zero-order valence-corrected chi connectivity index (χ0v) is 21.9. The summed E-state index contributed by atoms with van der Waals surface area (Å²) in [6.45, 7) is 2.71. The molecular weight excluding hydrogens is 482 g/mol. The molecule has 0 aliphatic carbocycles. The molecule has 0 unspecified atom stereocenters. The first-order chi connectivity index (χ1) is 18.2. The molecule has 9 nitrogen and oxygen atoms in total. The number of nitrogens with one attached hydrogen (secondary N) is 2. The number of likely N-dealkylation sites (N-methyl/N-ethyl adjacent to an activating group) is 1. The summed E-state index contributed by atoms with van der Waals surface area (Å²) in [7, 11) is 5.20. The van der Waals surface area contributed by atoms with Crippen LogP contribution < -0.4 is 21.3 Å². The lowest BCUT2D eigenvalue weighted by Crippen LogP contribution is -2.35. The van der Waals surface area contributed by atoms with Crippen LogP contribution >= 0.6 is 0 Å². The highest BCUT2D eigenvalue weighted by molar-refractivity contribution is 6.37. The number of rotatable bonds is 8. The Hall–Kier alpha value is -4.63. The van der Waals surface area contributed by atoms with E-state index in [2.05, 4.69) is 10.6 Å². The van der Waals surface area contributed by atoms with Crippen LogP contribution in [-0.2, 0) is 14.3 Å². The molecule has 1 aliphatic heterocycles. The maximum atomic E-state index is 13.2. The first-order valence-electron chi connectivity index (χ1n) is 12.1. The zero-order chi connectivity index (χ0) is 27.4. The van der Waals surface area contributed by atoms with Crippen molar-refractivity contribution in [1.82, 2.24) is 4.90 Å². The van der Waals surface area contributed by atoms with Crippen molar-refractivity contribution in [2.75, 3.05) is 55.6 Å². The fourth-order valence-corrected chi connectivity index (χ4v) is 4.32. The Morgan fingerprint density at radius 1 is 0.974 bits per heavy atom. The summed E-state index contributed by atoms with van der Waals surface area (Å²) in [6.07, 6.45) is 0. The molecule has 0 saturated carbocycles. The quantitative estimate of drug-likeness (QED) is 0.238. The molecule has 0 saturated heterocycles. The average Bonchev–Trinajstić information content (AvgIpc) is 3.22. The van der Waals surface area contributed by atoms with Crippen LogP contribution in [0.3, 0.4) is 0 Å². The number of hydrogen-bond acceptors (Lipinski definition) is 7. The lowest BCUT2D eigenvalue weighted by Gasteiger charge is -2.25. The van der Waals surface area contributed by atoms with E-state index in [1.165, 1.54) is 14.0 Å². The van der Waals surface area contributed by atoms with Crippen molar-refractivity contribution in [1.29, 1.82) is 0 Å². The lowest BCUT2D eigenvalue weighted by atomic mass is 9.99. The van der Waals surface area contributed by atoms with E-state index in [9.17, 15) is 14.4 Å². The van der Waals surface area contributed by atoms with Crippen LogP contribution in [0.1, 0.15) is 28.4 Å². The van der Waals surface area contributed by atoms with Crippen LogP contribution in [0.2, 0.25) is 0 Å². The summed E-state index contributed by atoms with van der Waals surface area (Å²) in [4.78, 5) is 41.2. The molecule has 1 heterocycles. The van der Waals surface area contributed by atoms with Gasteiger partial charge in [-0.25, -0.2) is 4.79 Å². The van der Waals surface area contributed by atoms with Crippen molar-refractivity contribution in [3.8, 4) is 0 Å². The van der Waals surface area contributed by atoms with Crippen molar-refractivity contribution >= 4 is 51.8 Å². The number of nitrogen functional groups attached to an aromatic ring is 1. The molecule has 196 valence electrons. The molecule has 0 aromatic heterocycles. The number of carbonyl (C=O) groups excluding carboxylic acids is 3. The normalized spacial score (nSPS) is 13.6. The number of ether oxygens (including phenoxy) is 1. The number of nitrogens with zero attached hydrogens (tertiary/aromatic N) is 2. The molecule has 1 aliphatic rings. The minimum Gasteiger partial charge on any atom is -0.465 e. The van der Waals surface area contributed by atoms with Gasteiger partial charge in [-0.2, -0.15) is 0 Å². The van der Waals surface area contributed by atoms with Gasteiger partial charge in [0.25, 0.3) is 5.91 Å². The van der Waals surface area contributed by atoms with Gasteiger partial charge in [-0.15, -0.1) is 0 Å². The van der Waals surface area contributed by atoms with Gasteiger partial charge in [-0.05, 0) is 50.0 Å². The molecule has 0 bridgehead atoms. The summed E-state index contributed by atoms with van der Waals surface area (Å²) >= 11 is 0. The molecule has 3 aromatic rings. The van der Waals surface area contributed by atoms with Crippen LogP contribution in [-0.4, -0.2) is 57.0 Å². The Morgan fingerprint density at radius 2 is 1.71 bits per heavy atom. The monoisotopic (exact) mass is 513 g/mol. The van der Waals surface area contributed by atoms with Crippen molar-refractivity contribution in [2.24, 2.45) is 0 Å². The highest BCUT2D eigenvalue weighted by atomic mass is 16.5. The molecule has 2 amide bonds. The van der Waals surface area contributed by atoms with E-state index in [-0.39, 0.29) is 11.8 Å². The van der Waals surface area contributed by atoms with Crippen molar-refractivity contribution < 1.29 is 19.1 Å². The second-order valence-electron chi connectivity index (χ2n) is 9.19. The van der Waals surface area contributed by atoms with E-state index in [1.807, 2.05) is 55.4 Å². The highest BCUT2D eigenvalue weighted by Crippen LogP contribution is 2.39. The summed E-state index contributed by atoms with van der Waals surface area (Å²) < 4.78 is 4.81. The Morgan fingerprint density at radius 3 is 2.34 bits per heavy atom. The Balaban J connectivity index is 1.76. The number of hydrogen-bond donors (Lipinski definition) is 3. The SMILES string of the molecule is COC(=O)c1ccc2c(c1)NC(=O)C2=C(Nc1ccc(N(CCN(C)C)C(C)=O)c(N)c1)c1ccccc1. The number of anilines is 4. The van der Waals surface area contributed by atoms with Crippen LogP contribution in [0, 0.1) is 0 Å². The summed E-state index contributed by atoms with van der Waals surface area (Å²) in [5.41, 5.74) is 11.4. The predicted octanol–water partition coefficient (Wildman–Crippen LogP) is 3.90. The highest BCUT2D eigenvalue weighted by Gasteiger charge is 2.29. The molecule has 0 atom stereocenters. The summed E-state index contributed by atoms with van der Waals surface area (Å²) in [6, 6.07) is 19.8. The average molecular weight is 514 g/mol. The Kier molecular flexibility index (Phi) is 7.78. The Bertz CT molecular complexity index is 1420. The largest absolute Gasteiger partial charge is 0.465 e. The van der Waals surface area contributed by atoms with Gasteiger partial charge in [0.1, 0.15) is 0 Å². The van der Waals surface area contributed by atoms with E-state index < -0.39 is 5.97 Å². The van der Waals surface area contributed by atoms with Crippen molar-refractivity contribution in [2.45, 2.75) is 6.92 Å². The van der Waals surface area contributed by atoms with Gasteiger partial charge in [0.05, 0.1) is 41.0 Å². The molecule has 0 radical (unpaired) electrons. The van der Waals surface area contributed by atoms with Gasteiger partial charge in [0, 0.05) is 31.3 Å². The number of fused-ring (bicyclic) bond motifs is 1. The smallest absolute Gasteiger partial charge is 0.337 e.